The van der Waals surface area contributed by atoms with Crippen molar-refractivity contribution in [1.29, 1.82) is 0 Å². The maximum atomic E-state index is 16.6. The molecule has 3 aromatic heterocycles. The Morgan fingerprint density at radius 2 is 1.24 bits per heavy atom. The van der Waals surface area contributed by atoms with Gasteiger partial charge in [-0.1, -0.05) is 66.7 Å². The van der Waals surface area contributed by atoms with Gasteiger partial charge in [0.15, 0.2) is 7.14 Å². The summed E-state index contributed by atoms with van der Waals surface area (Å²) in [7, 11) is -3.98. The molecule has 0 spiro atoms. The van der Waals surface area contributed by atoms with Gasteiger partial charge in [-0.2, -0.15) is 0 Å². The molecular weight excluding hydrogens is 678 g/mol. The molecule has 0 N–H and O–H groups in total. The molecule has 0 aliphatic rings. The van der Waals surface area contributed by atoms with Crippen LogP contribution in [0.3, 0.4) is 0 Å². The van der Waals surface area contributed by atoms with Gasteiger partial charge in [-0.25, -0.2) is 0 Å². The van der Waals surface area contributed by atoms with Crippen LogP contribution in [0.1, 0.15) is 0 Å². The summed E-state index contributed by atoms with van der Waals surface area (Å²) < 4.78 is 24.9. The summed E-state index contributed by atoms with van der Waals surface area (Å²) in [5.74, 6) is -0.495. The molecule has 0 unspecified atom stereocenters. The van der Waals surface area contributed by atoms with Crippen LogP contribution >= 0.6 is 29.8 Å². The molecule has 5 nitrogen and oxygen atoms in total. The number of furan rings is 1. The minimum Gasteiger partial charge on any atom is -0.400 e. The molecule has 8 heteroatoms. The highest BCUT2D eigenvalue weighted by molar-refractivity contribution is 7.86. The van der Waals surface area contributed by atoms with Gasteiger partial charge in [0, 0.05) is 30.8 Å². The number of fused-ring (bicyclic) bond motifs is 9. The van der Waals surface area contributed by atoms with E-state index in [4.69, 9.17) is 4.42 Å². The Bertz CT molecular complexity index is 2990. The molecule has 3 heterocycles. The number of nitro groups is 1. The first-order valence-corrected chi connectivity index (χ1v) is 19.6. The Morgan fingerprint density at radius 1 is 0.580 bits per heavy atom. The van der Waals surface area contributed by atoms with Gasteiger partial charge in [-0.15, -0.1) is 22.7 Å². The standard InChI is InChI=1S/C42H24NO4PS2/c44-43(45)42-41(48(46,30-12-16-36-27(22-30)18-20-49-36)31-13-17-37-28(23-31)19-21-50-37)40-35(47-42)15-14-33-34(25-6-2-1-3-7-25)24-29-11-10-26-8-4-5-9-32(26)38(29)39(33)40/h1-24H. The molecule has 7 aromatic carbocycles. The largest absolute Gasteiger partial charge is 0.445 e. The fourth-order valence-electron chi connectivity index (χ4n) is 7.55. The van der Waals surface area contributed by atoms with Crippen molar-refractivity contribution in [2.75, 3.05) is 0 Å². The SMILES string of the molecule is O=[N+]([O-])c1oc2ccc3c(-c4ccccc4)cc4ccc5ccccc5c4c3c2c1P(=O)(c1ccc2sccc2c1)c1ccc2sccc2c1. The Kier molecular flexibility index (Phi) is 6.43. The predicted molar refractivity (Wildman–Crippen MR) is 211 cm³/mol. The zero-order chi connectivity index (χ0) is 33.6. The van der Waals surface area contributed by atoms with E-state index in [0.29, 0.717) is 21.6 Å². The number of benzene rings is 7. The number of hydrogen-bond acceptors (Lipinski definition) is 6. The molecule has 0 bridgehead atoms. The Labute approximate surface area is 293 Å². The van der Waals surface area contributed by atoms with E-state index in [9.17, 15) is 10.1 Å². The first-order valence-electron chi connectivity index (χ1n) is 16.1. The van der Waals surface area contributed by atoms with Crippen molar-refractivity contribution in [1.82, 2.24) is 0 Å². The summed E-state index contributed by atoms with van der Waals surface area (Å²) in [5.41, 5.74) is 2.32. The third kappa shape index (κ3) is 4.21. The molecule has 0 amide bonds. The monoisotopic (exact) mass is 701 g/mol. The number of rotatable bonds is 5. The van der Waals surface area contributed by atoms with Gasteiger partial charge in [0.1, 0.15) is 15.8 Å². The Morgan fingerprint density at radius 3 is 1.94 bits per heavy atom. The molecule has 0 radical (unpaired) electrons. The van der Waals surface area contributed by atoms with Crippen molar-refractivity contribution in [2.24, 2.45) is 0 Å². The van der Waals surface area contributed by atoms with Gasteiger partial charge in [0.05, 0.1) is 0 Å². The van der Waals surface area contributed by atoms with E-state index in [0.717, 1.165) is 63.6 Å². The van der Waals surface area contributed by atoms with E-state index < -0.39 is 17.9 Å². The quantitative estimate of drug-likeness (QED) is 0.0775. The van der Waals surface area contributed by atoms with Crippen molar-refractivity contribution in [3.05, 3.63) is 154 Å². The van der Waals surface area contributed by atoms with Gasteiger partial charge >= 0.3 is 5.88 Å². The fraction of sp³-hybridized carbons (Fsp3) is 0. The number of hydrogen-bond donors (Lipinski definition) is 0. The van der Waals surface area contributed by atoms with Crippen LogP contribution in [-0.2, 0) is 4.57 Å². The molecule has 238 valence electrons. The highest BCUT2D eigenvalue weighted by Gasteiger charge is 2.43. The lowest BCUT2D eigenvalue weighted by Crippen LogP contribution is -2.26. The zero-order valence-electron chi connectivity index (χ0n) is 26.2. The lowest BCUT2D eigenvalue weighted by atomic mass is 9.89. The van der Waals surface area contributed by atoms with Crippen LogP contribution in [0.4, 0.5) is 5.88 Å². The van der Waals surface area contributed by atoms with Crippen LogP contribution in [0.25, 0.3) is 74.6 Å². The minimum atomic E-state index is -3.98. The first kappa shape index (κ1) is 29.3. The molecule has 0 aliphatic heterocycles. The summed E-state index contributed by atoms with van der Waals surface area (Å²) >= 11 is 3.20. The minimum absolute atomic E-state index is 0.117. The van der Waals surface area contributed by atoms with E-state index in [1.54, 1.807) is 28.7 Å². The first-order chi connectivity index (χ1) is 24.5. The van der Waals surface area contributed by atoms with E-state index in [1.165, 1.54) is 0 Å². The summed E-state index contributed by atoms with van der Waals surface area (Å²) in [4.78, 5) is 12.6. The Balaban J connectivity index is 1.46. The van der Waals surface area contributed by atoms with Crippen molar-refractivity contribution < 1.29 is 13.9 Å². The lowest BCUT2D eigenvalue weighted by molar-refractivity contribution is -0.400. The van der Waals surface area contributed by atoms with Crippen molar-refractivity contribution >= 4 is 115 Å². The second kappa shape index (κ2) is 11.0. The topological polar surface area (TPSA) is 73.3 Å². The zero-order valence-corrected chi connectivity index (χ0v) is 28.7. The Hall–Kier alpha value is -5.59. The van der Waals surface area contributed by atoms with Crippen LogP contribution in [0.2, 0.25) is 0 Å². The molecule has 50 heavy (non-hydrogen) atoms. The maximum absolute atomic E-state index is 16.6. The van der Waals surface area contributed by atoms with E-state index in [-0.39, 0.29) is 5.30 Å². The second-order valence-corrected chi connectivity index (χ2v) is 17.0. The van der Waals surface area contributed by atoms with Crippen molar-refractivity contribution in [3.63, 3.8) is 0 Å². The lowest BCUT2D eigenvalue weighted by Gasteiger charge is -2.20. The van der Waals surface area contributed by atoms with Crippen LogP contribution < -0.4 is 15.9 Å². The van der Waals surface area contributed by atoms with Crippen LogP contribution in [0, 0.1) is 10.1 Å². The molecule has 0 saturated carbocycles. The second-order valence-electron chi connectivity index (χ2n) is 12.4. The summed E-state index contributed by atoms with van der Waals surface area (Å²) in [5, 5.41) is 26.3. The van der Waals surface area contributed by atoms with Crippen LogP contribution in [-0.4, -0.2) is 4.92 Å². The third-order valence-corrected chi connectivity index (χ3v) is 14.6. The predicted octanol–water partition coefficient (Wildman–Crippen LogP) is 11.5. The fourth-order valence-corrected chi connectivity index (χ4v) is 12.0. The highest BCUT2D eigenvalue weighted by Crippen LogP contribution is 2.52. The summed E-state index contributed by atoms with van der Waals surface area (Å²) in [6, 6.07) is 44.0. The van der Waals surface area contributed by atoms with Crippen LogP contribution in [0.5, 0.6) is 0 Å². The van der Waals surface area contributed by atoms with E-state index in [2.05, 4.69) is 42.5 Å². The molecule has 0 aliphatic carbocycles. The van der Waals surface area contributed by atoms with E-state index in [1.807, 2.05) is 95.7 Å². The van der Waals surface area contributed by atoms with Crippen molar-refractivity contribution in [2.45, 2.75) is 0 Å². The van der Waals surface area contributed by atoms with Gasteiger partial charge in [-0.3, -0.25) is 10.1 Å². The van der Waals surface area contributed by atoms with Crippen molar-refractivity contribution in [3.8, 4) is 11.1 Å². The summed E-state index contributed by atoms with van der Waals surface area (Å²) in [6.45, 7) is 0. The van der Waals surface area contributed by atoms with Gasteiger partial charge in [0.2, 0.25) is 0 Å². The normalized spacial score (nSPS) is 12.2. The third-order valence-electron chi connectivity index (χ3n) is 9.78. The molecule has 0 saturated heterocycles. The van der Waals surface area contributed by atoms with Gasteiger partial charge < -0.3 is 8.98 Å². The highest BCUT2D eigenvalue weighted by atomic mass is 32.1. The van der Waals surface area contributed by atoms with Gasteiger partial charge in [-0.05, 0) is 126 Å². The molecule has 10 rings (SSSR count). The summed E-state index contributed by atoms with van der Waals surface area (Å²) in [6.07, 6.45) is 0. The molecule has 10 aromatic rings. The molecular formula is C42H24NO4PS2. The number of nitrogens with zero attached hydrogens (tertiary/aromatic N) is 1. The average molecular weight is 702 g/mol. The van der Waals surface area contributed by atoms with E-state index >= 15 is 4.57 Å². The average Bonchev–Trinajstić information content (AvgIpc) is 3.92. The molecule has 0 fully saturated rings. The van der Waals surface area contributed by atoms with Crippen LogP contribution in [0.15, 0.2) is 149 Å². The number of thiophene rings is 2. The maximum Gasteiger partial charge on any atom is 0.445 e. The van der Waals surface area contributed by atoms with Gasteiger partial charge in [0.25, 0.3) is 0 Å². The smallest absolute Gasteiger partial charge is 0.400 e. The molecule has 0 atom stereocenters.